The number of rotatable bonds is 6. The van der Waals surface area contributed by atoms with Crippen LogP contribution in [0.4, 0.5) is 0 Å². The molecule has 138 valence electrons. The van der Waals surface area contributed by atoms with E-state index in [2.05, 4.69) is 58.9 Å². The van der Waals surface area contributed by atoms with Crippen molar-refractivity contribution in [2.24, 2.45) is 4.99 Å². The number of hydrogen-bond donors (Lipinski definition) is 2. The molecule has 1 aromatic rings. The van der Waals surface area contributed by atoms with Gasteiger partial charge in [-0.2, -0.15) is 0 Å². The van der Waals surface area contributed by atoms with Gasteiger partial charge in [0.25, 0.3) is 0 Å². The lowest BCUT2D eigenvalue weighted by Gasteiger charge is -2.19. The molecule has 1 amide bonds. The van der Waals surface area contributed by atoms with Crippen molar-refractivity contribution in [2.45, 2.75) is 38.9 Å². The molecule has 0 spiro atoms. The summed E-state index contributed by atoms with van der Waals surface area (Å²) in [6, 6.07) is 8.90. The Bertz CT molecular complexity index is 582. The SMILES string of the molecule is CCC(=O)N1CCC(NC(=NC)NCc2ccc(CN(C)C)cc2)C1. The maximum atomic E-state index is 11.8. The van der Waals surface area contributed by atoms with E-state index >= 15 is 0 Å². The second-order valence-corrected chi connectivity index (χ2v) is 6.80. The maximum Gasteiger partial charge on any atom is 0.222 e. The van der Waals surface area contributed by atoms with Gasteiger partial charge in [-0.05, 0) is 31.6 Å². The van der Waals surface area contributed by atoms with Crippen LogP contribution in [0.1, 0.15) is 30.9 Å². The minimum absolute atomic E-state index is 0.227. The maximum absolute atomic E-state index is 11.8. The van der Waals surface area contributed by atoms with Gasteiger partial charge in [0.2, 0.25) is 5.91 Å². The number of nitrogens with zero attached hydrogens (tertiary/aromatic N) is 3. The predicted molar refractivity (Wildman–Crippen MR) is 102 cm³/mol. The number of likely N-dealkylation sites (tertiary alicyclic amines) is 1. The minimum Gasteiger partial charge on any atom is -0.352 e. The first kappa shape index (κ1) is 19.2. The van der Waals surface area contributed by atoms with Crippen LogP contribution < -0.4 is 10.6 Å². The summed E-state index contributed by atoms with van der Waals surface area (Å²) in [6.45, 7) is 5.17. The van der Waals surface area contributed by atoms with E-state index in [0.717, 1.165) is 38.6 Å². The summed E-state index contributed by atoms with van der Waals surface area (Å²) in [5.74, 6) is 1.01. The summed E-state index contributed by atoms with van der Waals surface area (Å²) in [5, 5.41) is 6.78. The zero-order chi connectivity index (χ0) is 18.2. The third-order valence-electron chi connectivity index (χ3n) is 4.39. The molecule has 0 aliphatic carbocycles. The van der Waals surface area contributed by atoms with Gasteiger partial charge in [0.1, 0.15) is 0 Å². The van der Waals surface area contributed by atoms with Crippen molar-refractivity contribution >= 4 is 11.9 Å². The van der Waals surface area contributed by atoms with E-state index in [1.54, 1.807) is 7.05 Å². The van der Waals surface area contributed by atoms with E-state index in [9.17, 15) is 4.79 Å². The molecule has 2 N–H and O–H groups in total. The second-order valence-electron chi connectivity index (χ2n) is 6.80. The number of guanidine groups is 1. The first-order chi connectivity index (χ1) is 12.0. The van der Waals surface area contributed by atoms with Gasteiger partial charge in [-0.15, -0.1) is 0 Å². The van der Waals surface area contributed by atoms with Crippen LogP contribution in [-0.2, 0) is 17.9 Å². The third-order valence-corrected chi connectivity index (χ3v) is 4.39. The van der Waals surface area contributed by atoms with Gasteiger partial charge in [-0.1, -0.05) is 31.2 Å². The second kappa shape index (κ2) is 9.42. The van der Waals surface area contributed by atoms with Crippen LogP contribution in [-0.4, -0.2) is 61.9 Å². The average molecular weight is 345 g/mol. The Labute approximate surface area is 151 Å². The standard InChI is InChI=1S/C19H31N5O/c1-5-18(25)24-11-10-17(14-24)22-19(20-2)21-12-15-6-8-16(9-7-15)13-23(3)4/h6-9,17H,5,10-14H2,1-4H3,(H2,20,21,22). The molecule has 6 nitrogen and oxygen atoms in total. The topological polar surface area (TPSA) is 60.0 Å². The van der Waals surface area contributed by atoms with E-state index in [-0.39, 0.29) is 11.9 Å². The summed E-state index contributed by atoms with van der Waals surface area (Å²) in [5.41, 5.74) is 2.53. The molecule has 0 bridgehead atoms. The minimum atomic E-state index is 0.227. The molecule has 0 radical (unpaired) electrons. The van der Waals surface area contributed by atoms with Gasteiger partial charge >= 0.3 is 0 Å². The van der Waals surface area contributed by atoms with Gasteiger partial charge in [0, 0.05) is 45.7 Å². The van der Waals surface area contributed by atoms with Crippen LogP contribution in [0.15, 0.2) is 29.3 Å². The highest BCUT2D eigenvalue weighted by Crippen LogP contribution is 2.10. The highest BCUT2D eigenvalue weighted by Gasteiger charge is 2.25. The number of carbonyl (C=O) groups is 1. The number of amides is 1. The van der Waals surface area contributed by atoms with Crippen LogP contribution in [0.3, 0.4) is 0 Å². The number of carbonyl (C=O) groups excluding carboxylic acids is 1. The molecule has 2 rings (SSSR count). The lowest BCUT2D eigenvalue weighted by atomic mass is 10.1. The summed E-state index contributed by atoms with van der Waals surface area (Å²) < 4.78 is 0. The Morgan fingerprint density at radius 2 is 1.96 bits per heavy atom. The Balaban J connectivity index is 1.80. The lowest BCUT2D eigenvalue weighted by Crippen LogP contribution is -2.44. The summed E-state index contributed by atoms with van der Waals surface area (Å²) in [4.78, 5) is 20.2. The molecule has 1 saturated heterocycles. The van der Waals surface area contributed by atoms with E-state index in [4.69, 9.17) is 0 Å². The lowest BCUT2D eigenvalue weighted by molar-refractivity contribution is -0.129. The first-order valence-corrected chi connectivity index (χ1v) is 8.99. The molecule has 6 heteroatoms. The van der Waals surface area contributed by atoms with Crippen molar-refractivity contribution in [3.05, 3.63) is 35.4 Å². The fraction of sp³-hybridized carbons (Fsp3) is 0.579. The molecule has 1 aliphatic rings. The highest BCUT2D eigenvalue weighted by molar-refractivity contribution is 5.80. The summed E-state index contributed by atoms with van der Waals surface area (Å²) in [7, 11) is 5.92. The molecular weight excluding hydrogens is 314 g/mol. The van der Waals surface area contributed by atoms with Crippen molar-refractivity contribution in [3.63, 3.8) is 0 Å². The van der Waals surface area contributed by atoms with Gasteiger partial charge in [0.15, 0.2) is 5.96 Å². The summed E-state index contributed by atoms with van der Waals surface area (Å²) in [6.07, 6.45) is 1.54. The van der Waals surface area contributed by atoms with Crippen molar-refractivity contribution < 1.29 is 4.79 Å². The molecule has 1 aliphatic heterocycles. The van der Waals surface area contributed by atoms with Crippen LogP contribution in [0.5, 0.6) is 0 Å². The number of nitrogens with one attached hydrogen (secondary N) is 2. The number of aliphatic imine (C=N–C) groups is 1. The van der Waals surface area contributed by atoms with E-state index < -0.39 is 0 Å². The number of hydrogen-bond acceptors (Lipinski definition) is 3. The smallest absolute Gasteiger partial charge is 0.222 e. The fourth-order valence-electron chi connectivity index (χ4n) is 3.03. The van der Waals surface area contributed by atoms with Gasteiger partial charge in [-0.25, -0.2) is 0 Å². The quantitative estimate of drug-likeness (QED) is 0.605. The van der Waals surface area contributed by atoms with Gasteiger partial charge < -0.3 is 20.4 Å². The van der Waals surface area contributed by atoms with E-state index in [1.165, 1.54) is 11.1 Å². The molecule has 0 saturated carbocycles. The van der Waals surface area contributed by atoms with Crippen LogP contribution in [0.25, 0.3) is 0 Å². The fourth-order valence-corrected chi connectivity index (χ4v) is 3.03. The Kier molecular flexibility index (Phi) is 7.25. The normalized spacial score (nSPS) is 17.9. The van der Waals surface area contributed by atoms with Crippen LogP contribution >= 0.6 is 0 Å². The Morgan fingerprint density at radius 3 is 2.56 bits per heavy atom. The molecule has 0 aromatic heterocycles. The summed E-state index contributed by atoms with van der Waals surface area (Å²) >= 11 is 0. The molecule has 1 atom stereocenters. The molecule has 1 heterocycles. The molecule has 25 heavy (non-hydrogen) atoms. The third kappa shape index (κ3) is 6.05. The first-order valence-electron chi connectivity index (χ1n) is 8.99. The Morgan fingerprint density at radius 1 is 1.28 bits per heavy atom. The van der Waals surface area contributed by atoms with Gasteiger partial charge in [-0.3, -0.25) is 9.79 Å². The molecule has 1 unspecified atom stereocenters. The monoisotopic (exact) mass is 345 g/mol. The van der Waals surface area contributed by atoms with Crippen molar-refractivity contribution in [1.82, 2.24) is 20.4 Å². The van der Waals surface area contributed by atoms with E-state index in [1.807, 2.05) is 11.8 Å². The Hall–Kier alpha value is -2.08. The van der Waals surface area contributed by atoms with E-state index in [0.29, 0.717) is 6.42 Å². The van der Waals surface area contributed by atoms with Crippen LogP contribution in [0.2, 0.25) is 0 Å². The molecular formula is C19H31N5O. The molecule has 1 fully saturated rings. The van der Waals surface area contributed by atoms with Crippen molar-refractivity contribution in [2.75, 3.05) is 34.2 Å². The number of benzene rings is 1. The van der Waals surface area contributed by atoms with Crippen molar-refractivity contribution in [1.29, 1.82) is 0 Å². The average Bonchev–Trinajstić information content (AvgIpc) is 3.07. The van der Waals surface area contributed by atoms with Crippen LogP contribution in [0, 0.1) is 0 Å². The predicted octanol–water partition coefficient (Wildman–Crippen LogP) is 1.42. The molecule has 1 aromatic carbocycles. The highest BCUT2D eigenvalue weighted by atomic mass is 16.2. The zero-order valence-electron chi connectivity index (χ0n) is 15.9. The van der Waals surface area contributed by atoms with Gasteiger partial charge in [0.05, 0.1) is 0 Å². The van der Waals surface area contributed by atoms with Crippen molar-refractivity contribution in [3.8, 4) is 0 Å². The largest absolute Gasteiger partial charge is 0.352 e. The zero-order valence-corrected chi connectivity index (χ0v) is 15.9.